The number of nitrogens with zero attached hydrogens (tertiary/aromatic N) is 1. The summed E-state index contributed by atoms with van der Waals surface area (Å²) in [6.45, 7) is 1.14. The molecule has 2 heterocycles. The Morgan fingerprint density at radius 1 is 1.07 bits per heavy atom. The predicted octanol–water partition coefficient (Wildman–Crippen LogP) is 3.27. The fourth-order valence-electron chi connectivity index (χ4n) is 4.18. The molecule has 0 aromatic heterocycles. The van der Waals surface area contributed by atoms with Crippen LogP contribution in [0.2, 0.25) is 0 Å². The summed E-state index contributed by atoms with van der Waals surface area (Å²) in [7, 11) is 3.10. The van der Waals surface area contributed by atoms with E-state index in [1.807, 2.05) is 35.2 Å². The van der Waals surface area contributed by atoms with E-state index in [2.05, 4.69) is 0 Å². The van der Waals surface area contributed by atoms with Crippen molar-refractivity contribution in [3.8, 4) is 17.2 Å². The van der Waals surface area contributed by atoms with Crippen LogP contribution in [0.3, 0.4) is 0 Å². The van der Waals surface area contributed by atoms with E-state index in [9.17, 15) is 9.59 Å². The summed E-state index contributed by atoms with van der Waals surface area (Å²) < 4.78 is 17.2. The van der Waals surface area contributed by atoms with Gasteiger partial charge in [0.1, 0.15) is 5.60 Å². The number of benzene rings is 2. The van der Waals surface area contributed by atoms with Crippen LogP contribution in [0.4, 0.5) is 0 Å². The molecule has 2 aliphatic heterocycles. The average molecular weight is 395 g/mol. The second-order valence-electron chi connectivity index (χ2n) is 7.61. The van der Waals surface area contributed by atoms with Gasteiger partial charge in [0.05, 0.1) is 32.6 Å². The molecule has 6 heteroatoms. The molecule has 1 fully saturated rings. The summed E-state index contributed by atoms with van der Waals surface area (Å²) in [5.41, 5.74) is 0.927. The number of hydrogen-bond donors (Lipinski definition) is 0. The van der Waals surface area contributed by atoms with Gasteiger partial charge in [0.2, 0.25) is 11.7 Å². The number of hydrogen-bond acceptors (Lipinski definition) is 5. The molecule has 152 valence electrons. The lowest BCUT2D eigenvalue weighted by molar-refractivity contribution is -0.134. The fourth-order valence-corrected chi connectivity index (χ4v) is 4.18. The molecule has 2 aliphatic rings. The summed E-state index contributed by atoms with van der Waals surface area (Å²) in [4.78, 5) is 27.4. The first kappa shape index (κ1) is 19.3. The van der Waals surface area contributed by atoms with Gasteiger partial charge in [0.25, 0.3) is 0 Å². The van der Waals surface area contributed by atoms with Crippen LogP contribution in [-0.4, -0.2) is 49.5 Å². The first-order valence-electron chi connectivity index (χ1n) is 9.84. The molecule has 2 aromatic rings. The van der Waals surface area contributed by atoms with Gasteiger partial charge >= 0.3 is 0 Å². The van der Waals surface area contributed by atoms with Gasteiger partial charge in [-0.25, -0.2) is 0 Å². The minimum Gasteiger partial charge on any atom is -0.493 e. The number of rotatable bonds is 4. The van der Waals surface area contributed by atoms with Crippen molar-refractivity contribution in [3.05, 3.63) is 53.6 Å². The summed E-state index contributed by atoms with van der Waals surface area (Å²) in [6, 6.07) is 13.2. The van der Waals surface area contributed by atoms with E-state index in [1.165, 1.54) is 7.11 Å². The van der Waals surface area contributed by atoms with E-state index in [1.54, 1.807) is 19.2 Å². The Kier molecular flexibility index (Phi) is 5.18. The van der Waals surface area contributed by atoms with Crippen LogP contribution in [0.1, 0.15) is 35.2 Å². The number of ketones is 1. The van der Waals surface area contributed by atoms with E-state index in [0.29, 0.717) is 61.6 Å². The zero-order valence-electron chi connectivity index (χ0n) is 16.8. The molecule has 1 amide bonds. The van der Waals surface area contributed by atoms with Crippen LogP contribution in [0.15, 0.2) is 42.5 Å². The molecule has 1 saturated heterocycles. The fraction of sp³-hybridized carbons (Fsp3) is 0.391. The van der Waals surface area contributed by atoms with Crippen molar-refractivity contribution in [2.75, 3.05) is 27.3 Å². The van der Waals surface area contributed by atoms with Crippen molar-refractivity contribution >= 4 is 11.7 Å². The predicted molar refractivity (Wildman–Crippen MR) is 108 cm³/mol. The van der Waals surface area contributed by atoms with Crippen LogP contribution in [0.25, 0.3) is 0 Å². The molecule has 0 radical (unpaired) electrons. The number of amides is 1. The lowest BCUT2D eigenvalue weighted by Gasteiger charge is -2.44. The van der Waals surface area contributed by atoms with Crippen molar-refractivity contribution in [1.29, 1.82) is 0 Å². The van der Waals surface area contributed by atoms with E-state index in [0.717, 1.165) is 5.56 Å². The standard InChI is InChI=1S/C23H25NO5/c1-27-19-9-8-17-18(25)15-23(29-21(17)22(19)28-2)10-12-24(13-11-23)20(26)14-16-6-4-3-5-7-16/h3-9H,10-15H2,1-2H3. The molecule has 1 spiro atoms. The Hall–Kier alpha value is -3.02. The van der Waals surface area contributed by atoms with Crippen molar-refractivity contribution in [2.45, 2.75) is 31.3 Å². The third-order valence-corrected chi connectivity index (χ3v) is 5.83. The molecule has 6 nitrogen and oxygen atoms in total. The topological polar surface area (TPSA) is 65.1 Å². The Morgan fingerprint density at radius 2 is 1.79 bits per heavy atom. The molecule has 0 N–H and O–H groups in total. The van der Waals surface area contributed by atoms with Crippen LogP contribution in [-0.2, 0) is 11.2 Å². The zero-order chi connectivity index (χ0) is 20.4. The third kappa shape index (κ3) is 3.67. The van der Waals surface area contributed by atoms with Gasteiger partial charge in [0.15, 0.2) is 17.3 Å². The second kappa shape index (κ2) is 7.78. The molecule has 29 heavy (non-hydrogen) atoms. The first-order valence-corrected chi connectivity index (χ1v) is 9.84. The van der Waals surface area contributed by atoms with Gasteiger partial charge in [-0.05, 0) is 17.7 Å². The highest BCUT2D eigenvalue weighted by Gasteiger charge is 2.45. The number of likely N-dealkylation sites (tertiary alicyclic amines) is 1. The number of methoxy groups -OCH3 is 2. The maximum atomic E-state index is 12.8. The summed E-state index contributed by atoms with van der Waals surface area (Å²) >= 11 is 0. The summed E-state index contributed by atoms with van der Waals surface area (Å²) in [6.07, 6.45) is 1.93. The van der Waals surface area contributed by atoms with Crippen molar-refractivity contribution in [3.63, 3.8) is 0 Å². The third-order valence-electron chi connectivity index (χ3n) is 5.83. The molecule has 2 aromatic carbocycles. The van der Waals surface area contributed by atoms with Crippen LogP contribution in [0.5, 0.6) is 17.2 Å². The van der Waals surface area contributed by atoms with Crippen molar-refractivity contribution in [1.82, 2.24) is 4.90 Å². The van der Waals surface area contributed by atoms with Crippen LogP contribution >= 0.6 is 0 Å². The SMILES string of the molecule is COc1ccc2c(c1OC)OC1(CCN(C(=O)Cc3ccccc3)CC1)CC2=O. The maximum absolute atomic E-state index is 12.8. The maximum Gasteiger partial charge on any atom is 0.226 e. The average Bonchev–Trinajstić information content (AvgIpc) is 2.74. The molecule has 0 unspecified atom stereocenters. The van der Waals surface area contributed by atoms with Crippen molar-refractivity contribution in [2.24, 2.45) is 0 Å². The number of ether oxygens (including phenoxy) is 3. The Bertz CT molecular complexity index is 916. The lowest BCUT2D eigenvalue weighted by Crippen LogP contribution is -2.52. The highest BCUT2D eigenvalue weighted by atomic mass is 16.5. The number of Topliss-reactive ketones (excluding diaryl/α,β-unsaturated/α-hetero) is 1. The Labute approximate surface area is 170 Å². The van der Waals surface area contributed by atoms with Gasteiger partial charge in [-0.2, -0.15) is 0 Å². The monoisotopic (exact) mass is 395 g/mol. The minimum atomic E-state index is -0.604. The smallest absolute Gasteiger partial charge is 0.226 e. The summed E-state index contributed by atoms with van der Waals surface area (Å²) in [5, 5.41) is 0. The van der Waals surface area contributed by atoms with Crippen LogP contribution < -0.4 is 14.2 Å². The molecule has 4 rings (SSSR count). The van der Waals surface area contributed by atoms with E-state index >= 15 is 0 Å². The van der Waals surface area contributed by atoms with E-state index < -0.39 is 5.60 Å². The first-order chi connectivity index (χ1) is 14.0. The van der Waals surface area contributed by atoms with Gasteiger partial charge in [0, 0.05) is 25.9 Å². The van der Waals surface area contributed by atoms with E-state index in [-0.39, 0.29) is 11.7 Å². The Morgan fingerprint density at radius 3 is 2.45 bits per heavy atom. The normalized spacial score (nSPS) is 17.4. The molecular formula is C23H25NO5. The van der Waals surface area contributed by atoms with Crippen LogP contribution in [0, 0.1) is 0 Å². The number of carbonyl (C=O) groups excluding carboxylic acids is 2. The molecule has 0 aliphatic carbocycles. The number of fused-ring (bicyclic) bond motifs is 1. The highest BCUT2D eigenvalue weighted by molar-refractivity contribution is 6.01. The van der Waals surface area contributed by atoms with Gasteiger partial charge in [-0.15, -0.1) is 0 Å². The second-order valence-corrected chi connectivity index (χ2v) is 7.61. The van der Waals surface area contributed by atoms with E-state index in [4.69, 9.17) is 14.2 Å². The number of piperidine rings is 1. The van der Waals surface area contributed by atoms with Gasteiger partial charge in [-0.3, -0.25) is 9.59 Å². The zero-order valence-corrected chi connectivity index (χ0v) is 16.8. The van der Waals surface area contributed by atoms with Gasteiger partial charge in [-0.1, -0.05) is 30.3 Å². The molecule has 0 bridgehead atoms. The highest BCUT2D eigenvalue weighted by Crippen LogP contribution is 2.47. The molecule has 0 saturated carbocycles. The van der Waals surface area contributed by atoms with Gasteiger partial charge < -0.3 is 19.1 Å². The van der Waals surface area contributed by atoms with Crippen molar-refractivity contribution < 1.29 is 23.8 Å². The minimum absolute atomic E-state index is 0.0382. The molecule has 0 atom stereocenters. The Balaban J connectivity index is 1.49. The lowest BCUT2D eigenvalue weighted by atomic mass is 9.82. The quantitative estimate of drug-likeness (QED) is 0.795. The summed E-state index contributed by atoms with van der Waals surface area (Å²) in [5.74, 6) is 1.57. The molecular weight excluding hydrogens is 370 g/mol. The number of carbonyl (C=O) groups is 2. The largest absolute Gasteiger partial charge is 0.493 e.